The molecule has 1 aromatic rings. The highest BCUT2D eigenvalue weighted by Gasteiger charge is 2.25. The number of piperidine rings is 1. The van der Waals surface area contributed by atoms with E-state index in [4.69, 9.17) is 5.73 Å². The van der Waals surface area contributed by atoms with Crippen LogP contribution in [0.3, 0.4) is 0 Å². The molecule has 8 heteroatoms. The lowest BCUT2D eigenvalue weighted by Gasteiger charge is -2.25. The van der Waals surface area contributed by atoms with Crippen LogP contribution in [0.2, 0.25) is 0 Å². The van der Waals surface area contributed by atoms with Gasteiger partial charge >= 0.3 is 0 Å². The number of hydrogen-bond acceptors (Lipinski definition) is 4. The van der Waals surface area contributed by atoms with Crippen molar-refractivity contribution in [2.24, 2.45) is 11.7 Å². The van der Waals surface area contributed by atoms with Crippen LogP contribution < -0.4 is 11.1 Å². The van der Waals surface area contributed by atoms with Crippen LogP contribution in [0.4, 0.5) is 0 Å². The van der Waals surface area contributed by atoms with Crippen molar-refractivity contribution in [3.63, 3.8) is 0 Å². The highest BCUT2D eigenvalue weighted by molar-refractivity contribution is 7.89. The van der Waals surface area contributed by atoms with Crippen molar-refractivity contribution in [1.29, 1.82) is 0 Å². The fourth-order valence-electron chi connectivity index (χ4n) is 2.62. The summed E-state index contributed by atoms with van der Waals surface area (Å²) < 4.78 is 26.7. The minimum Gasteiger partial charge on any atom is -0.352 e. The van der Waals surface area contributed by atoms with Crippen LogP contribution in [0.1, 0.15) is 38.7 Å². The number of sulfonamides is 1. The van der Waals surface area contributed by atoms with Crippen molar-refractivity contribution < 1.29 is 13.2 Å². The fraction of sp³-hybridized carbons (Fsp3) is 0.588. The van der Waals surface area contributed by atoms with Gasteiger partial charge in [0.2, 0.25) is 15.9 Å². The third kappa shape index (κ3) is 5.67. The molecule has 0 aliphatic carbocycles. The Labute approximate surface area is 156 Å². The van der Waals surface area contributed by atoms with Gasteiger partial charge in [-0.15, -0.1) is 12.4 Å². The first-order valence-corrected chi connectivity index (χ1v) is 9.89. The van der Waals surface area contributed by atoms with Crippen LogP contribution >= 0.6 is 12.4 Å². The maximum absolute atomic E-state index is 12.6. The zero-order valence-electron chi connectivity index (χ0n) is 14.8. The Morgan fingerprint density at radius 1 is 1.16 bits per heavy atom. The molecule has 0 aromatic heterocycles. The topological polar surface area (TPSA) is 92.5 Å². The Morgan fingerprint density at radius 3 is 2.24 bits per heavy atom. The zero-order valence-corrected chi connectivity index (χ0v) is 16.4. The molecule has 1 aromatic carbocycles. The number of benzene rings is 1. The Kier molecular flexibility index (Phi) is 8.34. The van der Waals surface area contributed by atoms with Gasteiger partial charge in [0.1, 0.15) is 0 Å². The number of nitrogens with zero attached hydrogens (tertiary/aromatic N) is 1. The molecule has 2 unspecified atom stereocenters. The molecular formula is C17H28ClN3O3S. The van der Waals surface area contributed by atoms with E-state index in [1.54, 1.807) is 42.4 Å². The van der Waals surface area contributed by atoms with E-state index in [-0.39, 0.29) is 30.3 Å². The standard InChI is InChI=1S/C17H27N3O3S.ClH/c1-13(14(2)18)17(21)19-12-15-6-8-16(9-7-15)24(22,23)20-10-4-3-5-11-20;/h6-9,13-14H,3-5,10-12,18H2,1-2H3,(H,19,21);1H. The summed E-state index contributed by atoms with van der Waals surface area (Å²) in [5, 5.41) is 2.82. The first kappa shape index (κ1) is 21.9. The van der Waals surface area contributed by atoms with Crippen molar-refractivity contribution >= 4 is 28.3 Å². The molecule has 2 atom stereocenters. The van der Waals surface area contributed by atoms with E-state index in [2.05, 4.69) is 5.32 Å². The second-order valence-corrected chi connectivity index (χ2v) is 8.41. The second-order valence-electron chi connectivity index (χ2n) is 6.47. The predicted octanol–water partition coefficient (Wildman–Crippen LogP) is 1.88. The van der Waals surface area contributed by atoms with E-state index in [1.807, 2.05) is 0 Å². The van der Waals surface area contributed by atoms with E-state index in [9.17, 15) is 13.2 Å². The lowest BCUT2D eigenvalue weighted by atomic mass is 10.0. The maximum Gasteiger partial charge on any atom is 0.243 e. The normalized spacial score (nSPS) is 18.0. The van der Waals surface area contributed by atoms with Crippen LogP contribution in [0.25, 0.3) is 0 Å². The molecule has 1 amide bonds. The second kappa shape index (κ2) is 9.52. The molecular weight excluding hydrogens is 362 g/mol. The molecule has 3 N–H and O–H groups in total. The number of rotatable bonds is 6. The Bertz CT molecular complexity index is 656. The van der Waals surface area contributed by atoms with Crippen molar-refractivity contribution in [3.05, 3.63) is 29.8 Å². The summed E-state index contributed by atoms with van der Waals surface area (Å²) in [6.07, 6.45) is 2.92. The van der Waals surface area contributed by atoms with Gasteiger partial charge in [-0.25, -0.2) is 8.42 Å². The molecule has 1 saturated heterocycles. The first-order chi connectivity index (χ1) is 11.3. The number of halogens is 1. The molecule has 1 heterocycles. The van der Waals surface area contributed by atoms with Gasteiger partial charge in [-0.3, -0.25) is 4.79 Å². The summed E-state index contributed by atoms with van der Waals surface area (Å²) in [5.41, 5.74) is 6.57. The number of nitrogens with one attached hydrogen (secondary N) is 1. The van der Waals surface area contributed by atoms with Crippen LogP contribution in [-0.2, 0) is 21.4 Å². The zero-order chi connectivity index (χ0) is 17.7. The SMILES string of the molecule is CC(N)C(C)C(=O)NCc1ccc(S(=O)(=O)N2CCCCC2)cc1.Cl. The van der Waals surface area contributed by atoms with Crippen molar-refractivity contribution in [1.82, 2.24) is 9.62 Å². The number of hydrogen-bond donors (Lipinski definition) is 2. The summed E-state index contributed by atoms with van der Waals surface area (Å²) in [4.78, 5) is 12.2. The molecule has 142 valence electrons. The van der Waals surface area contributed by atoms with Crippen LogP contribution in [0.15, 0.2) is 29.2 Å². The highest BCUT2D eigenvalue weighted by atomic mass is 35.5. The van der Waals surface area contributed by atoms with E-state index in [1.165, 1.54) is 0 Å². The molecule has 6 nitrogen and oxygen atoms in total. The van der Waals surface area contributed by atoms with Gasteiger partial charge in [-0.05, 0) is 37.5 Å². The third-order valence-corrected chi connectivity index (χ3v) is 6.46. The van der Waals surface area contributed by atoms with Crippen molar-refractivity contribution in [3.8, 4) is 0 Å². The summed E-state index contributed by atoms with van der Waals surface area (Å²) in [5.74, 6) is -0.362. The maximum atomic E-state index is 12.6. The Morgan fingerprint density at radius 2 is 1.72 bits per heavy atom. The van der Waals surface area contributed by atoms with Gasteiger partial charge in [0.05, 0.1) is 4.90 Å². The average molecular weight is 390 g/mol. The minimum atomic E-state index is -3.41. The highest BCUT2D eigenvalue weighted by Crippen LogP contribution is 2.20. The van der Waals surface area contributed by atoms with Crippen molar-refractivity contribution in [2.75, 3.05) is 13.1 Å². The predicted molar refractivity (Wildman–Crippen MR) is 101 cm³/mol. The van der Waals surface area contributed by atoms with Crippen LogP contribution in [0.5, 0.6) is 0 Å². The first-order valence-electron chi connectivity index (χ1n) is 8.45. The third-order valence-electron chi connectivity index (χ3n) is 4.55. The fourth-order valence-corrected chi connectivity index (χ4v) is 4.14. The number of nitrogens with two attached hydrogens (primary N) is 1. The van der Waals surface area contributed by atoms with E-state index in [0.717, 1.165) is 24.8 Å². The Balaban J connectivity index is 0.00000312. The quantitative estimate of drug-likeness (QED) is 0.776. The smallest absolute Gasteiger partial charge is 0.243 e. The van der Waals surface area contributed by atoms with Gasteiger partial charge in [0.15, 0.2) is 0 Å². The molecule has 0 saturated carbocycles. The van der Waals surface area contributed by atoms with Crippen LogP contribution in [-0.4, -0.2) is 37.8 Å². The molecule has 0 spiro atoms. The largest absolute Gasteiger partial charge is 0.352 e. The number of amides is 1. The van der Waals surface area contributed by atoms with Gasteiger partial charge < -0.3 is 11.1 Å². The summed E-state index contributed by atoms with van der Waals surface area (Å²) in [6.45, 7) is 5.13. The summed E-state index contributed by atoms with van der Waals surface area (Å²) >= 11 is 0. The van der Waals surface area contributed by atoms with Crippen molar-refractivity contribution in [2.45, 2.75) is 50.6 Å². The van der Waals surface area contributed by atoms with Crippen LogP contribution in [0, 0.1) is 5.92 Å². The lowest BCUT2D eigenvalue weighted by molar-refractivity contribution is -0.125. The van der Waals surface area contributed by atoms with Gasteiger partial charge in [-0.1, -0.05) is 25.5 Å². The summed E-state index contributed by atoms with van der Waals surface area (Å²) in [7, 11) is -3.41. The molecule has 1 aliphatic rings. The van der Waals surface area contributed by atoms with E-state index in [0.29, 0.717) is 24.5 Å². The monoisotopic (exact) mass is 389 g/mol. The summed E-state index contributed by atoms with van der Waals surface area (Å²) in [6, 6.07) is 6.50. The molecule has 1 aliphatic heterocycles. The molecule has 1 fully saturated rings. The van der Waals surface area contributed by atoms with E-state index >= 15 is 0 Å². The Hall–Kier alpha value is -1.15. The minimum absolute atomic E-state index is 0. The van der Waals surface area contributed by atoms with Gasteiger partial charge in [0.25, 0.3) is 0 Å². The van der Waals surface area contributed by atoms with E-state index < -0.39 is 10.0 Å². The average Bonchev–Trinajstić information content (AvgIpc) is 2.60. The molecule has 0 radical (unpaired) electrons. The molecule has 2 rings (SSSR count). The van der Waals surface area contributed by atoms with Gasteiger partial charge in [0, 0.05) is 31.6 Å². The number of carbonyl (C=O) groups is 1. The number of carbonyl (C=O) groups excluding carboxylic acids is 1. The van der Waals surface area contributed by atoms with Gasteiger partial charge in [-0.2, -0.15) is 4.31 Å². The molecule has 25 heavy (non-hydrogen) atoms. The molecule has 0 bridgehead atoms. The lowest BCUT2D eigenvalue weighted by Crippen LogP contribution is -2.38.